The number of benzene rings is 2. The highest BCUT2D eigenvalue weighted by molar-refractivity contribution is 5.79. The minimum atomic E-state index is 0.202. The average molecular weight is 416 g/mol. The van der Waals surface area contributed by atoms with E-state index in [0.29, 0.717) is 43.6 Å². The fraction of sp³-hybridized carbons (Fsp3) is 0.435. The van der Waals surface area contributed by atoms with E-state index in [9.17, 15) is 5.11 Å². The first kappa shape index (κ1) is 23.2. The summed E-state index contributed by atoms with van der Waals surface area (Å²) < 4.78 is 16.5. The maximum absolute atomic E-state index is 10.0. The number of hydrogen-bond donors (Lipinski definition) is 3. The Hall–Kier alpha value is -3.09. The summed E-state index contributed by atoms with van der Waals surface area (Å²) in [5.74, 6) is 3.12. The van der Waals surface area contributed by atoms with Gasteiger partial charge in [-0.25, -0.2) is 4.99 Å². The fourth-order valence-electron chi connectivity index (χ4n) is 2.90. The van der Waals surface area contributed by atoms with E-state index in [-0.39, 0.29) is 5.75 Å². The van der Waals surface area contributed by atoms with Crippen molar-refractivity contribution in [2.75, 3.05) is 33.4 Å². The van der Waals surface area contributed by atoms with Gasteiger partial charge < -0.3 is 30.0 Å². The molecule has 0 radical (unpaired) electrons. The van der Waals surface area contributed by atoms with Crippen LogP contribution in [0.15, 0.2) is 41.4 Å². The smallest absolute Gasteiger partial charge is 0.191 e. The molecule has 2 rings (SSSR count). The number of aromatic hydroxyl groups is 1. The Kier molecular flexibility index (Phi) is 9.64. The van der Waals surface area contributed by atoms with Gasteiger partial charge in [0.1, 0.15) is 11.5 Å². The topological polar surface area (TPSA) is 84.3 Å². The number of rotatable bonds is 11. The molecule has 30 heavy (non-hydrogen) atoms. The van der Waals surface area contributed by atoms with Crippen LogP contribution in [-0.4, -0.2) is 44.5 Å². The molecule has 0 aromatic heterocycles. The summed E-state index contributed by atoms with van der Waals surface area (Å²) in [6, 6.07) is 11.2. The van der Waals surface area contributed by atoms with Crippen molar-refractivity contribution in [3.05, 3.63) is 47.5 Å². The van der Waals surface area contributed by atoms with E-state index in [1.807, 2.05) is 39.0 Å². The van der Waals surface area contributed by atoms with Crippen LogP contribution < -0.4 is 24.8 Å². The van der Waals surface area contributed by atoms with Crippen molar-refractivity contribution in [3.8, 4) is 23.0 Å². The maximum Gasteiger partial charge on any atom is 0.191 e. The van der Waals surface area contributed by atoms with Gasteiger partial charge in [-0.2, -0.15) is 0 Å². The molecule has 0 saturated carbocycles. The third kappa shape index (κ3) is 7.06. The summed E-state index contributed by atoms with van der Waals surface area (Å²) >= 11 is 0. The zero-order chi connectivity index (χ0) is 21.8. The van der Waals surface area contributed by atoms with Crippen LogP contribution in [0.25, 0.3) is 0 Å². The summed E-state index contributed by atoms with van der Waals surface area (Å²) in [4.78, 5) is 4.57. The molecule has 0 atom stereocenters. The summed E-state index contributed by atoms with van der Waals surface area (Å²) in [5, 5.41) is 16.6. The van der Waals surface area contributed by atoms with Gasteiger partial charge in [0.25, 0.3) is 0 Å². The van der Waals surface area contributed by atoms with Crippen molar-refractivity contribution in [3.63, 3.8) is 0 Å². The minimum Gasteiger partial charge on any atom is -0.508 e. The molecule has 0 saturated heterocycles. The van der Waals surface area contributed by atoms with Gasteiger partial charge in [0.05, 0.1) is 26.9 Å². The maximum atomic E-state index is 10.0. The summed E-state index contributed by atoms with van der Waals surface area (Å²) in [7, 11) is 1.60. The Morgan fingerprint density at radius 1 is 0.967 bits per heavy atom. The number of nitrogens with zero attached hydrogens (tertiary/aromatic N) is 1. The van der Waals surface area contributed by atoms with Crippen molar-refractivity contribution < 1.29 is 19.3 Å². The van der Waals surface area contributed by atoms with Crippen LogP contribution in [-0.2, 0) is 13.0 Å². The largest absolute Gasteiger partial charge is 0.508 e. The Morgan fingerprint density at radius 2 is 1.73 bits per heavy atom. The summed E-state index contributed by atoms with van der Waals surface area (Å²) in [6.07, 6.45) is 0.807. The third-order valence-corrected chi connectivity index (χ3v) is 4.35. The predicted molar refractivity (Wildman–Crippen MR) is 120 cm³/mol. The van der Waals surface area contributed by atoms with Crippen molar-refractivity contribution in [2.45, 2.75) is 33.7 Å². The van der Waals surface area contributed by atoms with Gasteiger partial charge in [-0.05, 0) is 63.1 Å². The first-order chi connectivity index (χ1) is 14.6. The normalized spacial score (nSPS) is 11.1. The molecule has 0 aliphatic rings. The molecule has 2 aromatic carbocycles. The fourth-order valence-corrected chi connectivity index (χ4v) is 2.90. The van der Waals surface area contributed by atoms with E-state index in [1.54, 1.807) is 25.3 Å². The predicted octanol–water partition coefficient (Wildman–Crippen LogP) is 3.50. The monoisotopic (exact) mass is 415 g/mol. The van der Waals surface area contributed by atoms with Crippen molar-refractivity contribution in [1.82, 2.24) is 10.6 Å². The summed E-state index contributed by atoms with van der Waals surface area (Å²) in [6.45, 7) is 8.92. The molecule has 0 spiro atoms. The Labute approximate surface area is 179 Å². The quantitative estimate of drug-likeness (QED) is 0.385. The molecule has 0 amide bonds. The molecule has 7 nitrogen and oxygen atoms in total. The van der Waals surface area contributed by atoms with Crippen molar-refractivity contribution >= 4 is 5.96 Å². The zero-order valence-corrected chi connectivity index (χ0v) is 18.3. The Balaban J connectivity index is 1.99. The first-order valence-electron chi connectivity index (χ1n) is 10.4. The van der Waals surface area contributed by atoms with Crippen LogP contribution in [0, 0.1) is 0 Å². The molecule has 0 fully saturated rings. The van der Waals surface area contributed by atoms with E-state index < -0.39 is 0 Å². The minimum absolute atomic E-state index is 0.202. The van der Waals surface area contributed by atoms with Crippen LogP contribution >= 0.6 is 0 Å². The molecular weight excluding hydrogens is 382 g/mol. The molecule has 7 heteroatoms. The number of hydrogen-bond acceptors (Lipinski definition) is 5. The number of nitrogens with one attached hydrogen (secondary N) is 2. The lowest BCUT2D eigenvalue weighted by Gasteiger charge is -2.14. The number of ether oxygens (including phenoxy) is 3. The molecule has 0 bridgehead atoms. The van der Waals surface area contributed by atoms with E-state index in [1.165, 1.54) is 0 Å². The molecule has 3 N–H and O–H groups in total. The highest BCUT2D eigenvalue weighted by Gasteiger charge is 2.07. The second-order valence-electron chi connectivity index (χ2n) is 6.51. The number of phenols is 1. The van der Waals surface area contributed by atoms with Gasteiger partial charge in [0, 0.05) is 18.7 Å². The van der Waals surface area contributed by atoms with Crippen LogP contribution in [0.2, 0.25) is 0 Å². The second kappa shape index (κ2) is 12.5. The SMILES string of the molecule is CCNC(=NCc1cc(OC)ccc1O)NCCc1ccc(OCC)c(OCC)c1. The molecule has 0 aliphatic carbocycles. The molecule has 164 valence electrons. The van der Waals surface area contributed by atoms with Gasteiger partial charge in [-0.15, -0.1) is 0 Å². The highest BCUT2D eigenvalue weighted by atomic mass is 16.5. The second-order valence-corrected chi connectivity index (χ2v) is 6.51. The number of aliphatic imine (C=N–C) groups is 1. The van der Waals surface area contributed by atoms with Gasteiger partial charge >= 0.3 is 0 Å². The van der Waals surface area contributed by atoms with Gasteiger partial charge in [-0.3, -0.25) is 0 Å². The van der Waals surface area contributed by atoms with Crippen LogP contribution in [0.3, 0.4) is 0 Å². The van der Waals surface area contributed by atoms with Crippen molar-refractivity contribution in [1.29, 1.82) is 0 Å². The van der Waals surface area contributed by atoms with Gasteiger partial charge in [0.2, 0.25) is 0 Å². The van der Waals surface area contributed by atoms with Gasteiger partial charge in [-0.1, -0.05) is 6.07 Å². The zero-order valence-electron chi connectivity index (χ0n) is 18.3. The van der Waals surface area contributed by atoms with Crippen LogP contribution in [0.1, 0.15) is 31.9 Å². The molecule has 0 unspecified atom stereocenters. The standard InChI is InChI=1S/C23H33N3O4/c1-5-24-23(26-16-18-15-19(28-4)9-10-20(18)27)25-13-12-17-8-11-21(29-6-2)22(14-17)30-7-3/h8-11,14-15,27H,5-7,12-13,16H2,1-4H3,(H2,24,25,26). The average Bonchev–Trinajstić information content (AvgIpc) is 2.75. The molecular formula is C23H33N3O4. The lowest BCUT2D eigenvalue weighted by atomic mass is 10.1. The molecule has 2 aromatic rings. The van der Waals surface area contributed by atoms with Gasteiger partial charge in [0.15, 0.2) is 17.5 Å². The van der Waals surface area contributed by atoms with Crippen molar-refractivity contribution in [2.24, 2.45) is 4.99 Å². The van der Waals surface area contributed by atoms with E-state index in [2.05, 4.69) is 15.6 Å². The van der Waals surface area contributed by atoms with Crippen LogP contribution in [0.5, 0.6) is 23.0 Å². The molecule has 0 heterocycles. The number of phenolic OH excluding ortho intramolecular Hbond substituents is 1. The third-order valence-electron chi connectivity index (χ3n) is 4.35. The van der Waals surface area contributed by atoms with E-state index in [0.717, 1.165) is 30.0 Å². The lowest BCUT2D eigenvalue weighted by molar-refractivity contribution is 0.287. The Bertz CT molecular complexity index is 824. The molecule has 0 aliphatic heterocycles. The van der Waals surface area contributed by atoms with Crippen LogP contribution in [0.4, 0.5) is 0 Å². The summed E-state index contributed by atoms with van der Waals surface area (Å²) in [5.41, 5.74) is 1.86. The first-order valence-corrected chi connectivity index (χ1v) is 10.4. The Morgan fingerprint density at radius 3 is 2.43 bits per heavy atom. The van der Waals surface area contributed by atoms with E-state index in [4.69, 9.17) is 14.2 Å². The lowest BCUT2D eigenvalue weighted by Crippen LogP contribution is -2.38. The highest BCUT2D eigenvalue weighted by Crippen LogP contribution is 2.28. The van der Waals surface area contributed by atoms with E-state index >= 15 is 0 Å². The number of guanidine groups is 1. The number of methoxy groups -OCH3 is 1.